The summed E-state index contributed by atoms with van der Waals surface area (Å²) in [4.78, 5) is 11.7. The normalized spacial score (nSPS) is 12.2. The zero-order valence-electron chi connectivity index (χ0n) is 8.65. The van der Waals surface area contributed by atoms with Gasteiger partial charge in [0.2, 0.25) is 0 Å². The van der Waals surface area contributed by atoms with Crippen molar-refractivity contribution >= 4 is 51.1 Å². The van der Waals surface area contributed by atoms with Crippen LogP contribution in [0.15, 0.2) is 12.1 Å². The van der Waals surface area contributed by atoms with Gasteiger partial charge in [-0.1, -0.05) is 0 Å². The number of phenolic OH excluding ortho intramolecular Hbond substituents is 1. The van der Waals surface area contributed by atoms with Gasteiger partial charge in [0.15, 0.2) is 0 Å². The highest BCUT2D eigenvalue weighted by atomic mass is 127. The van der Waals surface area contributed by atoms with Crippen molar-refractivity contribution in [2.75, 3.05) is 13.2 Å². The number of amides is 1. The number of hydrogen-bond acceptors (Lipinski definition) is 4. The van der Waals surface area contributed by atoms with Gasteiger partial charge in [-0.05, 0) is 57.3 Å². The first-order valence-electron chi connectivity index (χ1n) is 4.70. The fourth-order valence-corrected chi connectivity index (χ4v) is 2.95. The molecule has 0 aliphatic heterocycles. The summed E-state index contributed by atoms with van der Waals surface area (Å²) in [5.41, 5.74) is 0.159. The minimum absolute atomic E-state index is 0.0587. The molecular formula is C10H11I2NO4. The highest BCUT2D eigenvalue weighted by Crippen LogP contribution is 2.26. The zero-order valence-corrected chi connectivity index (χ0v) is 13.0. The van der Waals surface area contributed by atoms with E-state index in [1.165, 1.54) is 0 Å². The summed E-state index contributed by atoms with van der Waals surface area (Å²) in [5, 5.41) is 29.9. The Balaban J connectivity index is 2.82. The number of carbonyl (C=O) groups excluding carboxylic acids is 1. The molecule has 0 saturated heterocycles. The number of aliphatic hydroxyl groups excluding tert-OH is 2. The monoisotopic (exact) mass is 463 g/mol. The van der Waals surface area contributed by atoms with E-state index in [0.29, 0.717) is 3.57 Å². The van der Waals surface area contributed by atoms with Gasteiger partial charge in [0.05, 0.1) is 21.8 Å². The van der Waals surface area contributed by atoms with E-state index >= 15 is 0 Å². The third-order valence-corrected chi connectivity index (χ3v) is 3.43. The first-order chi connectivity index (χ1) is 7.95. The Morgan fingerprint density at radius 1 is 1.41 bits per heavy atom. The number of benzene rings is 1. The fraction of sp³-hybridized carbons (Fsp3) is 0.300. The van der Waals surface area contributed by atoms with Crippen LogP contribution in [0.5, 0.6) is 5.75 Å². The zero-order chi connectivity index (χ0) is 13.0. The van der Waals surface area contributed by atoms with Gasteiger partial charge in [-0.3, -0.25) is 4.79 Å². The van der Waals surface area contributed by atoms with Crippen molar-refractivity contribution in [3.63, 3.8) is 0 Å². The Bertz CT molecular complexity index is 425. The van der Waals surface area contributed by atoms with Crippen LogP contribution in [-0.4, -0.2) is 40.5 Å². The molecule has 0 heterocycles. The number of halogens is 2. The lowest BCUT2D eigenvalue weighted by Gasteiger charge is -2.11. The van der Waals surface area contributed by atoms with Crippen molar-refractivity contribution in [3.05, 3.63) is 24.8 Å². The molecular weight excluding hydrogens is 452 g/mol. The van der Waals surface area contributed by atoms with Gasteiger partial charge in [0.1, 0.15) is 5.75 Å². The second-order valence-electron chi connectivity index (χ2n) is 3.33. The average molecular weight is 463 g/mol. The average Bonchev–Trinajstić information content (AvgIpc) is 2.30. The molecule has 94 valence electrons. The highest BCUT2D eigenvalue weighted by molar-refractivity contribution is 14.1. The molecule has 0 fully saturated rings. The molecule has 0 saturated carbocycles. The van der Waals surface area contributed by atoms with Crippen molar-refractivity contribution in [2.24, 2.45) is 0 Å². The first-order valence-corrected chi connectivity index (χ1v) is 6.86. The molecule has 0 spiro atoms. The molecule has 4 N–H and O–H groups in total. The lowest BCUT2D eigenvalue weighted by molar-refractivity contribution is 0.0800. The van der Waals surface area contributed by atoms with Crippen molar-refractivity contribution in [3.8, 4) is 5.75 Å². The highest BCUT2D eigenvalue weighted by Gasteiger charge is 2.15. The van der Waals surface area contributed by atoms with Crippen LogP contribution in [0.1, 0.15) is 10.4 Å². The number of rotatable bonds is 4. The van der Waals surface area contributed by atoms with Crippen LogP contribution in [-0.2, 0) is 0 Å². The largest absolute Gasteiger partial charge is 0.506 e. The summed E-state index contributed by atoms with van der Waals surface area (Å²) in [7, 11) is 0. The quantitative estimate of drug-likeness (QED) is 0.495. The predicted octanol–water partition coefficient (Wildman–Crippen LogP) is 0.684. The van der Waals surface area contributed by atoms with Crippen LogP contribution in [0.2, 0.25) is 0 Å². The van der Waals surface area contributed by atoms with Gasteiger partial charge < -0.3 is 20.6 Å². The van der Waals surface area contributed by atoms with Crippen LogP contribution >= 0.6 is 45.2 Å². The number of aromatic hydroxyl groups is 1. The van der Waals surface area contributed by atoms with Gasteiger partial charge in [0.25, 0.3) is 5.91 Å². The molecule has 1 rings (SSSR count). The molecule has 0 radical (unpaired) electrons. The van der Waals surface area contributed by atoms with Crippen LogP contribution in [0.3, 0.4) is 0 Å². The summed E-state index contributed by atoms with van der Waals surface area (Å²) in [6, 6.07) is 3.30. The number of hydrogen-bond donors (Lipinski definition) is 4. The topological polar surface area (TPSA) is 89.8 Å². The summed E-state index contributed by atoms with van der Waals surface area (Å²) in [5.74, 6) is -0.562. The molecule has 0 aromatic heterocycles. The van der Waals surface area contributed by atoms with Crippen LogP contribution in [0.25, 0.3) is 0 Å². The maximum absolute atomic E-state index is 11.7. The van der Waals surface area contributed by atoms with E-state index in [2.05, 4.69) is 5.32 Å². The molecule has 1 atom stereocenters. The SMILES string of the molecule is O=C(NCC(O)CO)c1cc(I)cc(I)c1O. The van der Waals surface area contributed by atoms with E-state index in [0.717, 1.165) is 3.57 Å². The van der Waals surface area contributed by atoms with Gasteiger partial charge in [-0.2, -0.15) is 0 Å². The summed E-state index contributed by atoms with van der Waals surface area (Å²) in [6.45, 7) is -0.479. The van der Waals surface area contributed by atoms with E-state index in [-0.39, 0.29) is 17.9 Å². The van der Waals surface area contributed by atoms with Gasteiger partial charge in [-0.15, -0.1) is 0 Å². The minimum Gasteiger partial charge on any atom is -0.506 e. The Labute approximate surface area is 126 Å². The maximum atomic E-state index is 11.7. The van der Waals surface area contributed by atoms with E-state index in [4.69, 9.17) is 10.2 Å². The van der Waals surface area contributed by atoms with E-state index in [9.17, 15) is 9.90 Å². The molecule has 7 heteroatoms. The molecule has 5 nitrogen and oxygen atoms in total. The lowest BCUT2D eigenvalue weighted by atomic mass is 10.2. The van der Waals surface area contributed by atoms with Crippen molar-refractivity contribution in [2.45, 2.75) is 6.10 Å². The second-order valence-corrected chi connectivity index (χ2v) is 5.74. The molecule has 0 aliphatic carbocycles. The number of phenols is 1. The third-order valence-electron chi connectivity index (χ3n) is 1.98. The first kappa shape index (κ1) is 14.9. The molecule has 1 unspecified atom stereocenters. The fourth-order valence-electron chi connectivity index (χ4n) is 1.11. The van der Waals surface area contributed by atoms with Crippen molar-refractivity contribution < 1.29 is 20.1 Å². The summed E-state index contributed by atoms with van der Waals surface area (Å²) >= 11 is 3.98. The van der Waals surface area contributed by atoms with Gasteiger partial charge in [0, 0.05) is 10.1 Å². The van der Waals surface area contributed by atoms with Crippen LogP contribution in [0, 0.1) is 7.14 Å². The Kier molecular flexibility index (Phi) is 5.89. The number of aliphatic hydroxyl groups is 2. The van der Waals surface area contributed by atoms with Crippen LogP contribution in [0.4, 0.5) is 0 Å². The van der Waals surface area contributed by atoms with Gasteiger partial charge >= 0.3 is 0 Å². The van der Waals surface area contributed by atoms with Crippen molar-refractivity contribution in [1.82, 2.24) is 5.32 Å². The van der Waals surface area contributed by atoms with Crippen LogP contribution < -0.4 is 5.32 Å². The van der Waals surface area contributed by atoms with E-state index in [1.807, 2.05) is 45.2 Å². The number of nitrogens with one attached hydrogen (secondary N) is 1. The van der Waals surface area contributed by atoms with E-state index < -0.39 is 18.6 Å². The molecule has 0 aliphatic rings. The Hall–Kier alpha value is -0.130. The Morgan fingerprint density at radius 2 is 2.06 bits per heavy atom. The second kappa shape index (κ2) is 6.71. The van der Waals surface area contributed by atoms with Gasteiger partial charge in [-0.25, -0.2) is 0 Å². The predicted molar refractivity (Wildman–Crippen MR) is 79.0 cm³/mol. The molecule has 1 aromatic carbocycles. The molecule has 0 bridgehead atoms. The number of carbonyl (C=O) groups is 1. The molecule has 1 amide bonds. The maximum Gasteiger partial charge on any atom is 0.255 e. The smallest absolute Gasteiger partial charge is 0.255 e. The minimum atomic E-state index is -0.997. The Morgan fingerprint density at radius 3 is 2.65 bits per heavy atom. The lowest BCUT2D eigenvalue weighted by Crippen LogP contribution is -2.34. The molecule has 1 aromatic rings. The van der Waals surface area contributed by atoms with E-state index in [1.54, 1.807) is 12.1 Å². The molecule has 17 heavy (non-hydrogen) atoms. The third kappa shape index (κ3) is 4.23. The van der Waals surface area contributed by atoms with Crippen molar-refractivity contribution in [1.29, 1.82) is 0 Å². The summed E-state index contributed by atoms with van der Waals surface area (Å²) in [6.07, 6.45) is -0.997. The summed E-state index contributed by atoms with van der Waals surface area (Å²) < 4.78 is 1.42. The standard InChI is InChI=1S/C10H11I2NO4/c11-5-1-7(9(16)8(12)2-5)10(17)13-3-6(15)4-14/h1-2,6,14-16H,3-4H2,(H,13,17).